The summed E-state index contributed by atoms with van der Waals surface area (Å²) < 4.78 is 40.4. The van der Waals surface area contributed by atoms with Crippen LogP contribution in [0.5, 0.6) is 0 Å². The van der Waals surface area contributed by atoms with Gasteiger partial charge in [0.2, 0.25) is 0 Å². The average Bonchev–Trinajstić information content (AvgIpc) is 1.85. The number of ether oxygens (including phenoxy) is 1. The Morgan fingerprint density at radius 3 is 2.08 bits per heavy atom. The first-order valence-corrected chi connectivity index (χ1v) is 3.59. The molecule has 0 spiro atoms. The van der Waals surface area contributed by atoms with Crippen molar-refractivity contribution in [3.63, 3.8) is 0 Å². The fourth-order valence-electron chi connectivity index (χ4n) is 1.08. The first-order valence-electron chi connectivity index (χ1n) is 3.59. The summed E-state index contributed by atoms with van der Waals surface area (Å²) in [5.74, 6) is 0. The Kier molecular flexibility index (Phi) is 6.71. The van der Waals surface area contributed by atoms with Crippen LogP contribution in [-0.2, 0) is 4.74 Å². The molecule has 1 saturated heterocycles. The quantitative estimate of drug-likeness (QED) is 0.605. The van der Waals surface area contributed by atoms with E-state index < -0.39 is 13.4 Å². The van der Waals surface area contributed by atoms with Crippen molar-refractivity contribution in [3.05, 3.63) is 0 Å². The molecule has 1 aliphatic heterocycles. The van der Waals surface area contributed by atoms with Crippen molar-refractivity contribution < 1.29 is 17.7 Å². The molecule has 2 nitrogen and oxygen atoms in total. The van der Waals surface area contributed by atoms with Crippen LogP contribution in [0.15, 0.2) is 0 Å². The number of hydrogen-bond acceptors (Lipinski definition) is 2. The van der Waals surface area contributed by atoms with Crippen LogP contribution < -0.4 is 0 Å². The summed E-state index contributed by atoms with van der Waals surface area (Å²) in [4.78, 5) is 1.38. The molecular weight excluding hydrogens is 197 g/mol. The number of rotatable bonds is 2. The van der Waals surface area contributed by atoms with Crippen LogP contribution in [0.3, 0.4) is 0 Å². The summed E-state index contributed by atoms with van der Waals surface area (Å²) >= 11 is 0. The fraction of sp³-hybridized carbons (Fsp3) is 1.00. The number of hydrogen-bond donors (Lipinski definition) is 0. The first-order chi connectivity index (χ1) is 5.08. The van der Waals surface area contributed by atoms with Crippen LogP contribution in [0.1, 0.15) is 0 Å². The summed E-state index contributed by atoms with van der Waals surface area (Å²) in [7, 11) is 0. The van der Waals surface area contributed by atoms with Gasteiger partial charge in [0, 0.05) is 64.5 Å². The predicted octanol–water partition coefficient (Wildman–Crippen LogP) is 0.324. The molecule has 0 aliphatic carbocycles. The molecular formula is C5H10BF3KNO-. The molecule has 1 radical (unpaired) electrons. The third-order valence-electron chi connectivity index (χ3n) is 1.57. The summed E-state index contributed by atoms with van der Waals surface area (Å²) in [6, 6.07) is 0. The molecule has 12 heavy (non-hydrogen) atoms. The summed E-state index contributed by atoms with van der Waals surface area (Å²) in [5.41, 5.74) is 0. The fourth-order valence-corrected chi connectivity index (χ4v) is 1.08. The minimum atomic E-state index is -4.66. The van der Waals surface area contributed by atoms with E-state index in [2.05, 4.69) is 0 Å². The molecule has 0 unspecified atom stereocenters. The van der Waals surface area contributed by atoms with Gasteiger partial charge in [-0.1, -0.05) is 0 Å². The van der Waals surface area contributed by atoms with Crippen molar-refractivity contribution in [2.24, 2.45) is 0 Å². The van der Waals surface area contributed by atoms with Gasteiger partial charge < -0.3 is 22.6 Å². The van der Waals surface area contributed by atoms with E-state index in [1.54, 1.807) is 0 Å². The van der Waals surface area contributed by atoms with Crippen LogP contribution in [0.2, 0.25) is 0 Å². The van der Waals surface area contributed by atoms with Crippen molar-refractivity contribution in [2.75, 3.05) is 32.7 Å². The maximum absolute atomic E-state index is 11.8. The van der Waals surface area contributed by atoms with Gasteiger partial charge in [0.15, 0.2) is 0 Å². The van der Waals surface area contributed by atoms with E-state index in [9.17, 15) is 12.9 Å². The van der Waals surface area contributed by atoms with Crippen molar-refractivity contribution in [1.29, 1.82) is 0 Å². The van der Waals surface area contributed by atoms with Gasteiger partial charge in [-0.15, -0.1) is 0 Å². The van der Waals surface area contributed by atoms with Gasteiger partial charge in [0.1, 0.15) is 0 Å². The van der Waals surface area contributed by atoms with E-state index in [4.69, 9.17) is 4.74 Å². The third-order valence-corrected chi connectivity index (χ3v) is 1.57. The standard InChI is InChI=1S/C5H10BF3NO.K/c7-6(8,9)5-10-1-3-11-4-2-10;/h1-5H2;/q-1;. The zero-order valence-electron chi connectivity index (χ0n) is 7.10. The number of nitrogens with zero attached hydrogens (tertiary/aromatic N) is 1. The van der Waals surface area contributed by atoms with Crippen LogP contribution in [0.25, 0.3) is 0 Å². The minimum absolute atomic E-state index is 0. The van der Waals surface area contributed by atoms with Crippen LogP contribution in [0.4, 0.5) is 12.9 Å². The van der Waals surface area contributed by atoms with Crippen molar-refractivity contribution >= 4 is 58.4 Å². The second kappa shape index (κ2) is 6.00. The molecule has 0 aromatic rings. The minimum Gasteiger partial charge on any atom is -0.448 e. The van der Waals surface area contributed by atoms with E-state index in [0.717, 1.165) is 0 Å². The second-order valence-electron chi connectivity index (χ2n) is 2.62. The Bertz CT molecular complexity index is 128. The normalized spacial score (nSPS) is 20.2. The Hall–Kier alpha value is 1.41. The number of halogens is 3. The van der Waals surface area contributed by atoms with Gasteiger partial charge in [0.05, 0.1) is 13.2 Å². The van der Waals surface area contributed by atoms with E-state index >= 15 is 0 Å². The molecule has 1 heterocycles. The van der Waals surface area contributed by atoms with Gasteiger partial charge in [-0.05, 0) is 6.44 Å². The molecule has 0 N–H and O–H groups in total. The molecule has 0 amide bonds. The van der Waals surface area contributed by atoms with Gasteiger partial charge in [-0.25, -0.2) is 0 Å². The van der Waals surface area contributed by atoms with Crippen LogP contribution in [0, 0.1) is 0 Å². The monoisotopic (exact) mass is 207 g/mol. The summed E-state index contributed by atoms with van der Waals surface area (Å²) in [6.45, 7) is -3.00. The Morgan fingerprint density at radius 1 is 1.17 bits per heavy atom. The zero-order chi connectivity index (χ0) is 8.32. The van der Waals surface area contributed by atoms with E-state index in [-0.39, 0.29) is 51.4 Å². The molecule has 7 heteroatoms. The summed E-state index contributed by atoms with van der Waals surface area (Å²) in [5, 5.41) is 0. The van der Waals surface area contributed by atoms with Gasteiger partial charge in [0.25, 0.3) is 0 Å². The average molecular weight is 207 g/mol. The molecule has 67 valence electrons. The molecule has 0 saturated carbocycles. The van der Waals surface area contributed by atoms with Gasteiger partial charge in [-0.2, -0.15) is 0 Å². The maximum Gasteiger partial charge on any atom is 0.492 e. The Balaban J connectivity index is 0.00000121. The van der Waals surface area contributed by atoms with Crippen molar-refractivity contribution in [2.45, 2.75) is 0 Å². The summed E-state index contributed by atoms with van der Waals surface area (Å²) in [6.07, 6.45) is -0.747. The molecule has 1 aliphatic rings. The first kappa shape index (κ1) is 13.4. The van der Waals surface area contributed by atoms with E-state index in [0.29, 0.717) is 26.3 Å². The third kappa shape index (κ3) is 5.96. The smallest absolute Gasteiger partial charge is 0.448 e. The van der Waals surface area contributed by atoms with E-state index in [1.165, 1.54) is 4.90 Å². The Labute approximate surface area is 112 Å². The van der Waals surface area contributed by atoms with Gasteiger partial charge >= 0.3 is 6.98 Å². The van der Waals surface area contributed by atoms with Crippen LogP contribution >= 0.6 is 0 Å². The molecule has 0 aromatic heterocycles. The second-order valence-corrected chi connectivity index (χ2v) is 2.62. The molecule has 0 aromatic carbocycles. The Morgan fingerprint density at radius 2 is 1.67 bits per heavy atom. The van der Waals surface area contributed by atoms with Gasteiger partial charge in [-0.3, -0.25) is 0 Å². The predicted molar refractivity (Wildman–Crippen MR) is 42.1 cm³/mol. The van der Waals surface area contributed by atoms with E-state index in [1.807, 2.05) is 0 Å². The topological polar surface area (TPSA) is 12.5 Å². The maximum atomic E-state index is 11.8. The SMILES string of the molecule is F[B-](F)(F)CN1CCOCC1.[K]. The molecule has 0 bridgehead atoms. The molecule has 1 rings (SSSR count). The molecule has 1 fully saturated rings. The zero-order valence-corrected chi connectivity index (χ0v) is 10.2. The van der Waals surface area contributed by atoms with Crippen molar-refractivity contribution in [1.82, 2.24) is 4.90 Å². The van der Waals surface area contributed by atoms with Crippen molar-refractivity contribution in [3.8, 4) is 0 Å². The molecule has 0 atom stereocenters. The number of morpholine rings is 1. The van der Waals surface area contributed by atoms with Crippen LogP contribution in [-0.4, -0.2) is 96.0 Å². The largest absolute Gasteiger partial charge is 0.492 e.